The first-order valence-electron chi connectivity index (χ1n) is 4.14. The summed E-state index contributed by atoms with van der Waals surface area (Å²) in [7, 11) is 1.29. The standard InChI is InChI=1S/C8H8N4O2S/c1-4-9-5(3-15-4)6-10-7(12-11-6)8(13)14-2/h3H,1-2H3,(H,10,11,12). The maximum Gasteiger partial charge on any atom is 0.375 e. The van der Waals surface area contributed by atoms with Crippen LogP contribution in [0.15, 0.2) is 5.38 Å². The number of methoxy groups -OCH3 is 1. The van der Waals surface area contributed by atoms with E-state index in [1.54, 1.807) is 0 Å². The SMILES string of the molecule is COC(=O)c1nc(-c2csc(C)n2)n[nH]1. The molecule has 0 fully saturated rings. The molecule has 0 aliphatic rings. The lowest BCUT2D eigenvalue weighted by Gasteiger charge is -1.89. The number of ether oxygens (including phenoxy) is 1. The van der Waals surface area contributed by atoms with Gasteiger partial charge in [0.1, 0.15) is 5.69 Å². The minimum atomic E-state index is -0.541. The smallest absolute Gasteiger partial charge is 0.375 e. The lowest BCUT2D eigenvalue weighted by molar-refractivity contribution is 0.0587. The van der Waals surface area contributed by atoms with Crippen LogP contribution in [0.2, 0.25) is 0 Å². The maximum atomic E-state index is 11.1. The van der Waals surface area contributed by atoms with Gasteiger partial charge in [0, 0.05) is 5.38 Å². The average Bonchev–Trinajstić information content (AvgIpc) is 2.84. The topological polar surface area (TPSA) is 80.8 Å². The van der Waals surface area contributed by atoms with Gasteiger partial charge in [-0.3, -0.25) is 5.10 Å². The van der Waals surface area contributed by atoms with E-state index in [1.165, 1.54) is 18.4 Å². The van der Waals surface area contributed by atoms with Crippen LogP contribution in [0.1, 0.15) is 15.6 Å². The summed E-state index contributed by atoms with van der Waals surface area (Å²) in [5.41, 5.74) is 0.656. The van der Waals surface area contributed by atoms with Gasteiger partial charge >= 0.3 is 5.97 Å². The van der Waals surface area contributed by atoms with Crippen molar-refractivity contribution in [2.24, 2.45) is 0 Å². The van der Waals surface area contributed by atoms with Crippen molar-refractivity contribution in [1.82, 2.24) is 20.2 Å². The Balaban J connectivity index is 2.31. The van der Waals surface area contributed by atoms with E-state index < -0.39 is 5.97 Å². The molecule has 1 N–H and O–H groups in total. The molecule has 7 heteroatoms. The van der Waals surface area contributed by atoms with Crippen LogP contribution in [0.4, 0.5) is 0 Å². The van der Waals surface area contributed by atoms with Crippen LogP contribution in [-0.2, 0) is 4.74 Å². The van der Waals surface area contributed by atoms with E-state index in [0.29, 0.717) is 11.5 Å². The summed E-state index contributed by atoms with van der Waals surface area (Å²) in [6.07, 6.45) is 0. The molecule has 2 aromatic rings. The Morgan fingerprint density at radius 3 is 2.93 bits per heavy atom. The summed E-state index contributed by atoms with van der Waals surface area (Å²) in [6, 6.07) is 0. The van der Waals surface area contributed by atoms with Crippen molar-refractivity contribution in [3.05, 3.63) is 16.2 Å². The first-order chi connectivity index (χ1) is 7.20. The molecular formula is C8H8N4O2S. The fraction of sp³-hybridized carbons (Fsp3) is 0.250. The third kappa shape index (κ3) is 1.86. The highest BCUT2D eigenvalue weighted by molar-refractivity contribution is 7.09. The fourth-order valence-electron chi connectivity index (χ4n) is 1.03. The monoisotopic (exact) mass is 224 g/mol. The first-order valence-corrected chi connectivity index (χ1v) is 5.02. The summed E-state index contributed by atoms with van der Waals surface area (Å²) >= 11 is 1.50. The molecule has 78 valence electrons. The zero-order valence-electron chi connectivity index (χ0n) is 8.14. The number of carbonyl (C=O) groups is 1. The van der Waals surface area contributed by atoms with Crippen molar-refractivity contribution < 1.29 is 9.53 Å². The van der Waals surface area contributed by atoms with Gasteiger partial charge in [0.25, 0.3) is 0 Å². The lowest BCUT2D eigenvalue weighted by atomic mass is 10.5. The summed E-state index contributed by atoms with van der Waals surface area (Å²) < 4.78 is 4.50. The van der Waals surface area contributed by atoms with Crippen molar-refractivity contribution in [2.45, 2.75) is 6.92 Å². The highest BCUT2D eigenvalue weighted by atomic mass is 32.1. The molecule has 0 saturated carbocycles. The molecular weight excluding hydrogens is 216 g/mol. The van der Waals surface area contributed by atoms with Gasteiger partial charge in [0.15, 0.2) is 0 Å². The number of hydrogen-bond acceptors (Lipinski definition) is 6. The predicted molar refractivity (Wildman–Crippen MR) is 53.6 cm³/mol. The van der Waals surface area contributed by atoms with Crippen LogP contribution in [-0.4, -0.2) is 33.2 Å². The Morgan fingerprint density at radius 1 is 1.53 bits per heavy atom. The number of nitrogens with zero attached hydrogens (tertiary/aromatic N) is 3. The van der Waals surface area contributed by atoms with Crippen LogP contribution in [0.3, 0.4) is 0 Å². The molecule has 0 spiro atoms. The van der Waals surface area contributed by atoms with Crippen LogP contribution in [0.25, 0.3) is 11.5 Å². The third-order valence-electron chi connectivity index (χ3n) is 1.71. The Hall–Kier alpha value is -1.76. The lowest BCUT2D eigenvalue weighted by Crippen LogP contribution is -2.03. The highest BCUT2D eigenvalue weighted by Gasteiger charge is 2.14. The van der Waals surface area contributed by atoms with Crippen molar-refractivity contribution in [3.63, 3.8) is 0 Å². The van der Waals surface area contributed by atoms with Gasteiger partial charge in [-0.25, -0.2) is 9.78 Å². The number of rotatable bonds is 2. The van der Waals surface area contributed by atoms with Gasteiger partial charge in [0.2, 0.25) is 11.6 Å². The number of aryl methyl sites for hydroxylation is 1. The second-order valence-electron chi connectivity index (χ2n) is 2.75. The quantitative estimate of drug-likeness (QED) is 0.770. The Kier molecular flexibility index (Phi) is 2.46. The number of aromatic amines is 1. The van der Waals surface area contributed by atoms with Gasteiger partial charge in [-0.1, -0.05) is 0 Å². The number of H-pyrrole nitrogens is 1. The second kappa shape index (κ2) is 3.77. The number of carbonyl (C=O) groups excluding carboxylic acids is 1. The van der Waals surface area contributed by atoms with E-state index in [4.69, 9.17) is 0 Å². The Bertz CT molecular complexity index is 490. The fourth-order valence-corrected chi connectivity index (χ4v) is 1.62. The normalized spacial score (nSPS) is 10.3. The largest absolute Gasteiger partial charge is 0.463 e. The molecule has 0 saturated heterocycles. The molecule has 0 unspecified atom stereocenters. The molecule has 0 amide bonds. The number of nitrogens with one attached hydrogen (secondary N) is 1. The average molecular weight is 224 g/mol. The Morgan fingerprint density at radius 2 is 2.33 bits per heavy atom. The summed E-state index contributed by atoms with van der Waals surface area (Å²) in [4.78, 5) is 19.3. The minimum absolute atomic E-state index is 0.0816. The van der Waals surface area contributed by atoms with Gasteiger partial charge in [0.05, 0.1) is 12.1 Å². The molecule has 2 rings (SSSR count). The maximum absolute atomic E-state index is 11.1. The summed E-state index contributed by atoms with van der Waals surface area (Å²) in [6.45, 7) is 1.89. The van der Waals surface area contributed by atoms with E-state index in [-0.39, 0.29) is 5.82 Å². The van der Waals surface area contributed by atoms with E-state index in [1.807, 2.05) is 12.3 Å². The molecule has 0 aliphatic heterocycles. The van der Waals surface area contributed by atoms with Crippen LogP contribution >= 0.6 is 11.3 Å². The predicted octanol–water partition coefficient (Wildman–Crippen LogP) is 1.02. The van der Waals surface area contributed by atoms with Gasteiger partial charge in [-0.15, -0.1) is 11.3 Å². The zero-order valence-corrected chi connectivity index (χ0v) is 8.96. The van der Waals surface area contributed by atoms with Crippen LogP contribution < -0.4 is 0 Å². The van der Waals surface area contributed by atoms with Gasteiger partial charge in [-0.05, 0) is 6.92 Å². The molecule has 6 nitrogen and oxygen atoms in total. The highest BCUT2D eigenvalue weighted by Crippen LogP contribution is 2.17. The third-order valence-corrected chi connectivity index (χ3v) is 2.49. The first kappa shape index (κ1) is 9.78. The second-order valence-corrected chi connectivity index (χ2v) is 3.81. The van der Waals surface area contributed by atoms with E-state index >= 15 is 0 Å². The molecule has 2 aromatic heterocycles. The van der Waals surface area contributed by atoms with E-state index in [9.17, 15) is 4.79 Å². The number of thiazole rings is 1. The molecule has 0 atom stereocenters. The van der Waals surface area contributed by atoms with Gasteiger partial charge < -0.3 is 4.74 Å². The summed E-state index contributed by atoms with van der Waals surface area (Å²) in [5.74, 6) is -0.0568. The molecule has 2 heterocycles. The zero-order chi connectivity index (χ0) is 10.8. The minimum Gasteiger partial charge on any atom is -0.463 e. The van der Waals surface area contributed by atoms with Crippen molar-refractivity contribution in [3.8, 4) is 11.5 Å². The van der Waals surface area contributed by atoms with E-state index in [0.717, 1.165) is 5.01 Å². The molecule has 0 bridgehead atoms. The molecule has 0 aromatic carbocycles. The molecule has 15 heavy (non-hydrogen) atoms. The van der Waals surface area contributed by atoms with Gasteiger partial charge in [-0.2, -0.15) is 10.1 Å². The number of aromatic nitrogens is 4. The molecule has 0 aliphatic carbocycles. The number of hydrogen-bond donors (Lipinski definition) is 1. The van der Waals surface area contributed by atoms with Crippen molar-refractivity contribution >= 4 is 17.3 Å². The molecule has 0 radical (unpaired) electrons. The van der Waals surface area contributed by atoms with Crippen molar-refractivity contribution in [1.29, 1.82) is 0 Å². The van der Waals surface area contributed by atoms with E-state index in [2.05, 4.69) is 24.9 Å². The van der Waals surface area contributed by atoms with Crippen LogP contribution in [0, 0.1) is 6.92 Å². The van der Waals surface area contributed by atoms with Crippen molar-refractivity contribution in [2.75, 3.05) is 7.11 Å². The summed E-state index contributed by atoms with van der Waals surface area (Å²) in [5, 5.41) is 9.13. The van der Waals surface area contributed by atoms with Crippen LogP contribution in [0.5, 0.6) is 0 Å². The number of esters is 1. The Labute approximate surface area is 89.3 Å².